The molecule has 3 aromatic carbocycles. The number of carbonyl (C=O) groups excluding carboxylic acids is 1. The number of benzene rings is 3. The second kappa shape index (κ2) is 12.0. The molecular weight excluding hydrogens is 494 g/mol. The third kappa shape index (κ3) is 6.81. The maximum absolute atomic E-state index is 13.3. The number of aromatic nitrogens is 3. The summed E-state index contributed by atoms with van der Waals surface area (Å²) in [5.41, 5.74) is 2.70. The van der Waals surface area contributed by atoms with Crippen LogP contribution in [-0.4, -0.2) is 52.7 Å². The number of aromatic amines is 1. The van der Waals surface area contributed by atoms with Crippen LogP contribution in [0.4, 0.5) is 0 Å². The highest BCUT2D eigenvalue weighted by Crippen LogP contribution is 2.20. The van der Waals surface area contributed by atoms with Crippen molar-refractivity contribution in [3.8, 4) is 11.4 Å². The molecule has 36 heavy (non-hydrogen) atoms. The Morgan fingerprint density at radius 3 is 2.33 bits per heavy atom. The molecule has 0 unspecified atom stereocenters. The first-order valence-electron chi connectivity index (χ1n) is 11.4. The minimum absolute atomic E-state index is 0.0959. The van der Waals surface area contributed by atoms with E-state index in [1.54, 1.807) is 24.3 Å². The van der Waals surface area contributed by atoms with Gasteiger partial charge in [0.25, 0.3) is 0 Å². The Balaban J connectivity index is 1.35. The molecule has 1 amide bonds. The molecule has 0 aliphatic carbocycles. The molecule has 186 valence electrons. The average Bonchev–Trinajstić information content (AvgIpc) is 3.37. The fourth-order valence-corrected chi connectivity index (χ4v) is 5.49. The summed E-state index contributed by atoms with van der Waals surface area (Å²) in [5, 5.41) is 10.5. The molecule has 0 atom stereocenters. The lowest BCUT2D eigenvalue weighted by molar-refractivity contribution is -0.121. The topological polar surface area (TPSA) is 108 Å². The average molecular weight is 522 g/mol. The van der Waals surface area contributed by atoms with Crippen LogP contribution in [0.3, 0.4) is 0 Å². The Labute approximate surface area is 215 Å². The molecular formula is C26H27N5O3S2. The number of sulfonamides is 1. The van der Waals surface area contributed by atoms with Gasteiger partial charge in [0.15, 0.2) is 5.82 Å². The Morgan fingerprint density at radius 2 is 1.64 bits per heavy atom. The summed E-state index contributed by atoms with van der Waals surface area (Å²) in [6.45, 7) is 2.06. The van der Waals surface area contributed by atoms with E-state index in [-0.39, 0.29) is 23.9 Å². The standard InChI is InChI=1S/C26H27N5O3S2/c1-20-12-14-23(15-13-20)36(33,34)31(18-21-8-4-2-5-9-21)19-24(32)27-16-17-35-26-28-25(29-30-26)22-10-6-3-7-11-22/h2-15H,16-19H2,1H3,(H,27,32)(H,28,29,30). The summed E-state index contributed by atoms with van der Waals surface area (Å²) in [6.07, 6.45) is 0. The normalized spacial score (nSPS) is 11.5. The lowest BCUT2D eigenvalue weighted by atomic mass is 10.2. The molecule has 1 heterocycles. The number of carbonyl (C=O) groups is 1. The van der Waals surface area contributed by atoms with E-state index >= 15 is 0 Å². The molecule has 0 aliphatic heterocycles. The summed E-state index contributed by atoms with van der Waals surface area (Å²) in [6, 6.07) is 25.5. The number of aryl methyl sites for hydroxylation is 1. The summed E-state index contributed by atoms with van der Waals surface area (Å²) in [5.74, 6) is 0.850. The van der Waals surface area contributed by atoms with E-state index in [2.05, 4.69) is 20.5 Å². The van der Waals surface area contributed by atoms with Crippen LogP contribution < -0.4 is 5.32 Å². The Morgan fingerprint density at radius 1 is 0.972 bits per heavy atom. The molecule has 10 heteroatoms. The quantitative estimate of drug-likeness (QED) is 0.229. The third-order valence-electron chi connectivity index (χ3n) is 5.35. The number of H-pyrrole nitrogens is 1. The molecule has 8 nitrogen and oxygen atoms in total. The van der Waals surface area contributed by atoms with Gasteiger partial charge in [0.05, 0.1) is 11.4 Å². The number of hydrogen-bond donors (Lipinski definition) is 2. The fraction of sp³-hybridized carbons (Fsp3) is 0.192. The van der Waals surface area contributed by atoms with Gasteiger partial charge >= 0.3 is 0 Å². The highest BCUT2D eigenvalue weighted by molar-refractivity contribution is 7.99. The molecule has 0 spiro atoms. The van der Waals surface area contributed by atoms with Gasteiger partial charge in [-0.1, -0.05) is 90.1 Å². The highest BCUT2D eigenvalue weighted by atomic mass is 32.2. The van der Waals surface area contributed by atoms with Crippen molar-refractivity contribution in [2.45, 2.75) is 23.5 Å². The van der Waals surface area contributed by atoms with Crippen molar-refractivity contribution in [3.05, 3.63) is 96.1 Å². The van der Waals surface area contributed by atoms with E-state index in [0.717, 1.165) is 16.7 Å². The molecule has 4 aromatic rings. The summed E-state index contributed by atoms with van der Waals surface area (Å²) < 4.78 is 27.9. The van der Waals surface area contributed by atoms with Crippen molar-refractivity contribution in [2.75, 3.05) is 18.8 Å². The van der Waals surface area contributed by atoms with Crippen molar-refractivity contribution < 1.29 is 13.2 Å². The second-order valence-electron chi connectivity index (χ2n) is 8.10. The van der Waals surface area contributed by atoms with Crippen molar-refractivity contribution in [1.82, 2.24) is 24.8 Å². The third-order valence-corrected chi connectivity index (χ3v) is 8.00. The van der Waals surface area contributed by atoms with E-state index in [9.17, 15) is 13.2 Å². The number of hydrogen-bond acceptors (Lipinski definition) is 6. The van der Waals surface area contributed by atoms with Crippen LogP contribution in [0.15, 0.2) is 95.0 Å². The van der Waals surface area contributed by atoms with E-state index in [0.29, 0.717) is 23.3 Å². The van der Waals surface area contributed by atoms with Crippen LogP contribution in [0, 0.1) is 6.92 Å². The SMILES string of the molecule is Cc1ccc(S(=O)(=O)N(CC(=O)NCCSc2n[nH]c(-c3ccccc3)n2)Cc2ccccc2)cc1. The van der Waals surface area contributed by atoms with Gasteiger partial charge in [0.1, 0.15) is 0 Å². The van der Waals surface area contributed by atoms with Gasteiger partial charge in [-0.3, -0.25) is 9.89 Å². The van der Waals surface area contributed by atoms with Crippen molar-refractivity contribution in [2.24, 2.45) is 0 Å². The van der Waals surface area contributed by atoms with E-state index in [4.69, 9.17) is 0 Å². The van der Waals surface area contributed by atoms with E-state index in [1.807, 2.05) is 67.6 Å². The Hall–Kier alpha value is -3.47. The summed E-state index contributed by atoms with van der Waals surface area (Å²) in [4.78, 5) is 17.3. The van der Waals surface area contributed by atoms with Crippen LogP contribution in [0.5, 0.6) is 0 Å². The minimum Gasteiger partial charge on any atom is -0.354 e. The first-order valence-corrected chi connectivity index (χ1v) is 13.8. The van der Waals surface area contributed by atoms with Gasteiger partial charge < -0.3 is 5.32 Å². The zero-order chi connectivity index (χ0) is 25.4. The largest absolute Gasteiger partial charge is 0.354 e. The highest BCUT2D eigenvalue weighted by Gasteiger charge is 2.26. The van der Waals surface area contributed by atoms with Crippen LogP contribution in [0.2, 0.25) is 0 Å². The first-order chi connectivity index (χ1) is 17.4. The van der Waals surface area contributed by atoms with Crippen LogP contribution >= 0.6 is 11.8 Å². The molecule has 0 aliphatic rings. The van der Waals surface area contributed by atoms with Crippen LogP contribution in [0.25, 0.3) is 11.4 Å². The zero-order valence-electron chi connectivity index (χ0n) is 19.8. The predicted octanol–water partition coefficient (Wildman–Crippen LogP) is 3.88. The zero-order valence-corrected chi connectivity index (χ0v) is 21.4. The van der Waals surface area contributed by atoms with E-state index < -0.39 is 10.0 Å². The molecule has 0 saturated carbocycles. The number of nitrogens with one attached hydrogen (secondary N) is 2. The van der Waals surface area contributed by atoms with Gasteiger partial charge in [0.2, 0.25) is 21.1 Å². The molecule has 1 aromatic heterocycles. The van der Waals surface area contributed by atoms with E-state index in [1.165, 1.54) is 16.1 Å². The number of rotatable bonds is 11. The maximum Gasteiger partial charge on any atom is 0.243 e. The first kappa shape index (κ1) is 25.6. The molecule has 4 rings (SSSR count). The Bertz CT molecular complexity index is 1380. The van der Waals surface area contributed by atoms with Gasteiger partial charge in [-0.05, 0) is 24.6 Å². The minimum atomic E-state index is -3.87. The van der Waals surface area contributed by atoms with Crippen molar-refractivity contribution in [3.63, 3.8) is 0 Å². The second-order valence-corrected chi connectivity index (χ2v) is 11.1. The van der Waals surface area contributed by atoms with Crippen molar-refractivity contribution in [1.29, 1.82) is 0 Å². The lowest BCUT2D eigenvalue weighted by Gasteiger charge is -2.22. The smallest absolute Gasteiger partial charge is 0.243 e. The number of thioether (sulfide) groups is 1. The molecule has 0 saturated heterocycles. The maximum atomic E-state index is 13.3. The molecule has 2 N–H and O–H groups in total. The van der Waals surface area contributed by atoms with Crippen LogP contribution in [0.1, 0.15) is 11.1 Å². The molecule has 0 fully saturated rings. The molecule has 0 radical (unpaired) electrons. The van der Waals surface area contributed by atoms with Gasteiger partial charge in [-0.2, -0.15) is 4.31 Å². The fourth-order valence-electron chi connectivity index (χ4n) is 3.46. The number of nitrogens with zero attached hydrogens (tertiary/aromatic N) is 3. The summed E-state index contributed by atoms with van der Waals surface area (Å²) >= 11 is 1.40. The molecule has 0 bridgehead atoms. The number of amides is 1. The van der Waals surface area contributed by atoms with Crippen LogP contribution in [-0.2, 0) is 21.4 Å². The summed E-state index contributed by atoms with van der Waals surface area (Å²) in [7, 11) is -3.87. The van der Waals surface area contributed by atoms with Gasteiger partial charge in [-0.15, -0.1) is 5.10 Å². The van der Waals surface area contributed by atoms with Gasteiger partial charge in [0, 0.05) is 24.4 Å². The van der Waals surface area contributed by atoms with Gasteiger partial charge in [-0.25, -0.2) is 13.4 Å². The van der Waals surface area contributed by atoms with Crippen molar-refractivity contribution >= 4 is 27.7 Å². The lowest BCUT2D eigenvalue weighted by Crippen LogP contribution is -2.40. The predicted molar refractivity (Wildman–Crippen MR) is 141 cm³/mol. The Kier molecular flexibility index (Phi) is 8.52. The monoisotopic (exact) mass is 521 g/mol.